The van der Waals surface area contributed by atoms with Crippen molar-refractivity contribution < 1.29 is 13.2 Å². The maximum atomic E-state index is 11.7. The molecule has 0 amide bonds. The Morgan fingerprint density at radius 2 is 2.06 bits per heavy atom. The molecule has 2 aliphatic heterocycles. The Balaban J connectivity index is 1.71. The molecular formula is C12H25NO3SSi. The van der Waals surface area contributed by atoms with Crippen LogP contribution in [0.15, 0.2) is 0 Å². The molecule has 2 heterocycles. The van der Waals surface area contributed by atoms with Crippen LogP contribution in [0.3, 0.4) is 0 Å². The molecule has 2 saturated heterocycles. The molecule has 0 aliphatic carbocycles. The zero-order chi connectivity index (χ0) is 13.4. The summed E-state index contributed by atoms with van der Waals surface area (Å²) in [4.78, 5) is 0. The second-order valence-corrected chi connectivity index (χ2v) is 14.5. The monoisotopic (exact) mass is 291 g/mol. The number of hydrogen-bond donors (Lipinski definition) is 0. The van der Waals surface area contributed by atoms with Crippen LogP contribution in [0.25, 0.3) is 0 Å². The smallest absolute Gasteiger partial charge is 0.214 e. The van der Waals surface area contributed by atoms with Crippen LogP contribution in [0, 0.1) is 5.92 Å². The first-order valence-corrected chi connectivity index (χ1v) is 12.2. The molecule has 106 valence electrons. The first kappa shape index (κ1) is 14.5. The molecule has 4 nitrogen and oxygen atoms in total. The van der Waals surface area contributed by atoms with E-state index in [0.29, 0.717) is 18.2 Å². The van der Waals surface area contributed by atoms with Gasteiger partial charge < -0.3 is 4.74 Å². The van der Waals surface area contributed by atoms with Gasteiger partial charge >= 0.3 is 0 Å². The molecular weight excluding hydrogens is 266 g/mol. The number of hydrogen-bond acceptors (Lipinski definition) is 3. The maximum absolute atomic E-state index is 11.7. The third-order valence-electron chi connectivity index (χ3n) is 3.87. The fraction of sp³-hybridized carbons (Fsp3) is 1.00. The highest BCUT2D eigenvalue weighted by molar-refractivity contribution is 7.89. The number of fused-ring (bicyclic) bond motifs is 1. The Morgan fingerprint density at radius 1 is 1.33 bits per heavy atom. The van der Waals surface area contributed by atoms with E-state index < -0.39 is 18.1 Å². The van der Waals surface area contributed by atoms with Crippen molar-refractivity contribution in [3.05, 3.63) is 0 Å². The molecule has 0 aromatic heterocycles. The Morgan fingerprint density at radius 3 is 2.67 bits per heavy atom. The van der Waals surface area contributed by atoms with Gasteiger partial charge in [-0.15, -0.1) is 0 Å². The molecule has 2 fully saturated rings. The van der Waals surface area contributed by atoms with Crippen molar-refractivity contribution in [2.24, 2.45) is 5.92 Å². The van der Waals surface area contributed by atoms with Gasteiger partial charge in [-0.1, -0.05) is 19.6 Å². The number of sulfonamides is 1. The molecule has 0 aromatic rings. The van der Waals surface area contributed by atoms with E-state index in [9.17, 15) is 8.42 Å². The second kappa shape index (κ2) is 5.23. The third-order valence-corrected chi connectivity index (χ3v) is 7.48. The Bertz CT molecular complexity index is 391. The van der Waals surface area contributed by atoms with Crippen LogP contribution in [0.1, 0.15) is 12.8 Å². The summed E-state index contributed by atoms with van der Waals surface area (Å²) >= 11 is 0. The van der Waals surface area contributed by atoms with E-state index in [1.165, 1.54) is 6.04 Å². The minimum Gasteiger partial charge on any atom is -0.381 e. The summed E-state index contributed by atoms with van der Waals surface area (Å²) in [6, 6.07) is 1.45. The molecule has 0 aromatic carbocycles. The molecule has 0 saturated carbocycles. The largest absolute Gasteiger partial charge is 0.381 e. The van der Waals surface area contributed by atoms with Crippen LogP contribution in [0.2, 0.25) is 25.7 Å². The van der Waals surface area contributed by atoms with Crippen molar-refractivity contribution in [2.45, 2.75) is 44.6 Å². The molecule has 0 radical (unpaired) electrons. The van der Waals surface area contributed by atoms with Gasteiger partial charge in [0.1, 0.15) is 0 Å². The summed E-state index contributed by atoms with van der Waals surface area (Å²) in [5.74, 6) is 0.757. The predicted octanol–water partition coefficient (Wildman–Crippen LogP) is 1.77. The van der Waals surface area contributed by atoms with Gasteiger partial charge in [-0.3, -0.25) is 0 Å². The summed E-state index contributed by atoms with van der Waals surface area (Å²) in [6.45, 7) is 9.27. The molecule has 0 unspecified atom stereocenters. The van der Waals surface area contributed by atoms with Gasteiger partial charge in [-0.2, -0.15) is 4.31 Å². The van der Waals surface area contributed by atoms with Crippen LogP contribution in [0.4, 0.5) is 0 Å². The fourth-order valence-corrected chi connectivity index (χ4v) is 5.38. The summed E-state index contributed by atoms with van der Waals surface area (Å²) in [5.41, 5.74) is 0. The predicted molar refractivity (Wildman–Crippen MR) is 76.0 cm³/mol. The van der Waals surface area contributed by atoms with Crippen LogP contribution >= 0.6 is 0 Å². The van der Waals surface area contributed by atoms with E-state index in [4.69, 9.17) is 4.74 Å². The molecule has 0 bridgehead atoms. The summed E-state index contributed by atoms with van der Waals surface area (Å²) in [5, 5.41) is 0. The third kappa shape index (κ3) is 3.56. The highest BCUT2D eigenvalue weighted by Crippen LogP contribution is 2.34. The van der Waals surface area contributed by atoms with Gasteiger partial charge in [-0.25, -0.2) is 8.42 Å². The SMILES string of the molecule is C[Si](C)(C)CCOC[C@H]1C[C@@H]2CCS(=O)(=O)N2C1. The molecule has 0 N–H and O–H groups in total. The van der Waals surface area contributed by atoms with Crippen molar-refractivity contribution in [1.82, 2.24) is 4.31 Å². The van der Waals surface area contributed by atoms with Crippen LogP contribution in [-0.4, -0.2) is 52.4 Å². The molecule has 2 atom stereocenters. The summed E-state index contributed by atoms with van der Waals surface area (Å²) in [7, 11) is -3.94. The highest BCUT2D eigenvalue weighted by atomic mass is 32.2. The molecule has 6 heteroatoms. The van der Waals surface area contributed by atoms with Gasteiger partial charge in [0, 0.05) is 27.3 Å². The fourth-order valence-electron chi connectivity index (χ4n) is 2.73. The van der Waals surface area contributed by atoms with Gasteiger partial charge in [0.05, 0.1) is 12.4 Å². The van der Waals surface area contributed by atoms with E-state index in [1.807, 2.05) is 0 Å². The van der Waals surface area contributed by atoms with E-state index in [1.54, 1.807) is 4.31 Å². The minimum atomic E-state index is -2.93. The first-order chi connectivity index (χ1) is 8.28. The molecule has 0 spiro atoms. The van der Waals surface area contributed by atoms with Crippen LogP contribution in [-0.2, 0) is 14.8 Å². The number of ether oxygens (including phenoxy) is 1. The zero-order valence-corrected chi connectivity index (χ0v) is 13.5. The van der Waals surface area contributed by atoms with E-state index >= 15 is 0 Å². The minimum absolute atomic E-state index is 0.264. The normalized spacial score (nSPS) is 31.7. The van der Waals surface area contributed by atoms with Gasteiger partial charge in [0.15, 0.2) is 0 Å². The van der Waals surface area contributed by atoms with Crippen LogP contribution in [0.5, 0.6) is 0 Å². The zero-order valence-electron chi connectivity index (χ0n) is 11.7. The molecule has 2 rings (SSSR count). The topological polar surface area (TPSA) is 46.6 Å². The average Bonchev–Trinajstić information content (AvgIpc) is 2.74. The van der Waals surface area contributed by atoms with Crippen LogP contribution < -0.4 is 0 Å². The standard InChI is InChI=1S/C12H25NO3SSi/c1-18(2,3)7-5-16-10-11-8-12-4-6-17(14,15)13(12)9-11/h11-12H,4-10H2,1-3H3/t11-,12-/m0/s1. The van der Waals surface area contributed by atoms with Gasteiger partial charge in [0.25, 0.3) is 0 Å². The number of nitrogens with zero attached hydrogens (tertiary/aromatic N) is 1. The maximum Gasteiger partial charge on any atom is 0.214 e. The van der Waals surface area contributed by atoms with Crippen molar-refractivity contribution in [2.75, 3.05) is 25.5 Å². The lowest BCUT2D eigenvalue weighted by Crippen LogP contribution is -2.28. The van der Waals surface area contributed by atoms with E-state index in [0.717, 1.165) is 26.1 Å². The quantitative estimate of drug-likeness (QED) is 0.573. The van der Waals surface area contributed by atoms with Crippen molar-refractivity contribution >= 4 is 18.1 Å². The van der Waals surface area contributed by atoms with Gasteiger partial charge in [-0.05, 0) is 24.8 Å². The van der Waals surface area contributed by atoms with Crippen molar-refractivity contribution in [3.8, 4) is 0 Å². The second-order valence-electron chi connectivity index (χ2n) is 6.82. The van der Waals surface area contributed by atoms with E-state index in [-0.39, 0.29) is 6.04 Å². The average molecular weight is 291 g/mol. The lowest BCUT2D eigenvalue weighted by molar-refractivity contribution is 0.113. The molecule has 18 heavy (non-hydrogen) atoms. The lowest BCUT2D eigenvalue weighted by atomic mass is 10.1. The Kier molecular flexibility index (Phi) is 4.21. The van der Waals surface area contributed by atoms with Crippen molar-refractivity contribution in [3.63, 3.8) is 0 Å². The Labute approximate surface area is 112 Å². The molecule has 2 aliphatic rings. The summed E-state index contributed by atoms with van der Waals surface area (Å²) < 4.78 is 30.9. The van der Waals surface area contributed by atoms with Gasteiger partial charge in [0.2, 0.25) is 10.0 Å². The van der Waals surface area contributed by atoms with Crippen molar-refractivity contribution in [1.29, 1.82) is 0 Å². The summed E-state index contributed by atoms with van der Waals surface area (Å²) in [6.07, 6.45) is 1.81. The first-order valence-electron chi connectivity index (χ1n) is 6.85. The highest BCUT2D eigenvalue weighted by Gasteiger charge is 2.44. The number of rotatable bonds is 5. The Hall–Kier alpha value is 0.0869. The van der Waals surface area contributed by atoms with E-state index in [2.05, 4.69) is 19.6 Å². The lowest BCUT2D eigenvalue weighted by Gasteiger charge is -2.17.